The predicted molar refractivity (Wildman–Crippen MR) is 95.5 cm³/mol. The number of amides is 1. The van der Waals surface area contributed by atoms with Crippen LogP contribution in [0.4, 0.5) is 5.69 Å². The average molecular weight is 373 g/mol. The Kier molecular flexibility index (Phi) is 6.90. The molecule has 24 heavy (non-hydrogen) atoms. The summed E-state index contributed by atoms with van der Waals surface area (Å²) in [5.41, 5.74) is 0.502. The van der Waals surface area contributed by atoms with Crippen LogP contribution in [0.25, 0.3) is 0 Å². The van der Waals surface area contributed by atoms with Crippen molar-refractivity contribution in [2.24, 2.45) is 5.92 Å². The number of hydrogen-bond acceptors (Lipinski definition) is 4. The summed E-state index contributed by atoms with van der Waals surface area (Å²) >= 11 is 12.0. The van der Waals surface area contributed by atoms with Gasteiger partial charge >= 0.3 is 5.97 Å². The molecule has 1 saturated heterocycles. The second-order valence-electron chi connectivity index (χ2n) is 5.85. The van der Waals surface area contributed by atoms with E-state index in [0.717, 1.165) is 0 Å². The normalized spacial score (nSPS) is 17.3. The van der Waals surface area contributed by atoms with Crippen LogP contribution < -0.4 is 5.32 Å². The highest BCUT2D eigenvalue weighted by Gasteiger charge is 2.30. The number of halogens is 2. The average Bonchev–Trinajstić information content (AvgIpc) is 2.57. The Morgan fingerprint density at radius 3 is 2.62 bits per heavy atom. The fraction of sp³-hybridized carbons (Fsp3) is 0.529. The standard InChI is InChI=1S/C17H22Cl2N2O3/c1-3-24-17(23)12-6-8-21(9-7-12)11(2)16(22)20-15-10-13(18)4-5-14(15)19/h4-5,10-12H,3,6-9H2,1-2H3,(H,20,22)/t11-/m0/s1. The first-order chi connectivity index (χ1) is 11.4. The van der Waals surface area contributed by atoms with E-state index in [1.807, 2.05) is 6.92 Å². The highest BCUT2D eigenvalue weighted by Crippen LogP contribution is 2.26. The van der Waals surface area contributed by atoms with Crippen molar-refractivity contribution < 1.29 is 14.3 Å². The Hall–Kier alpha value is -1.30. The fourth-order valence-corrected chi connectivity index (χ4v) is 3.12. The Bertz CT molecular complexity index is 601. The molecule has 0 saturated carbocycles. The summed E-state index contributed by atoms with van der Waals surface area (Å²) in [4.78, 5) is 26.3. The number of nitrogens with one attached hydrogen (secondary N) is 1. The fourth-order valence-electron chi connectivity index (χ4n) is 2.78. The van der Waals surface area contributed by atoms with E-state index in [4.69, 9.17) is 27.9 Å². The molecular weight excluding hydrogens is 351 g/mol. The van der Waals surface area contributed by atoms with Gasteiger partial charge in [-0.1, -0.05) is 23.2 Å². The number of carbonyl (C=O) groups is 2. The smallest absolute Gasteiger partial charge is 0.309 e. The molecule has 0 spiro atoms. The molecule has 0 bridgehead atoms. The summed E-state index contributed by atoms with van der Waals surface area (Å²) < 4.78 is 5.06. The van der Waals surface area contributed by atoms with Gasteiger partial charge in [-0.15, -0.1) is 0 Å². The number of piperidine rings is 1. The first-order valence-electron chi connectivity index (χ1n) is 8.09. The third-order valence-corrected chi connectivity index (χ3v) is 4.83. The zero-order valence-corrected chi connectivity index (χ0v) is 15.4. The van der Waals surface area contributed by atoms with Gasteiger partial charge in [0.15, 0.2) is 0 Å². The molecule has 1 aliphatic rings. The third-order valence-electron chi connectivity index (χ3n) is 4.26. The molecule has 0 aromatic heterocycles. The molecule has 1 aromatic carbocycles. The lowest BCUT2D eigenvalue weighted by atomic mass is 9.96. The van der Waals surface area contributed by atoms with Crippen LogP contribution in [0.1, 0.15) is 26.7 Å². The lowest BCUT2D eigenvalue weighted by Crippen LogP contribution is -2.47. The minimum absolute atomic E-state index is 0.0705. The molecule has 0 unspecified atom stereocenters. The topological polar surface area (TPSA) is 58.6 Å². The first-order valence-corrected chi connectivity index (χ1v) is 8.84. The van der Waals surface area contributed by atoms with Crippen molar-refractivity contribution in [1.29, 1.82) is 0 Å². The summed E-state index contributed by atoms with van der Waals surface area (Å²) in [5, 5.41) is 3.77. The predicted octanol–water partition coefficient (Wildman–Crippen LogP) is 3.60. The van der Waals surface area contributed by atoms with Crippen LogP contribution in [-0.2, 0) is 14.3 Å². The van der Waals surface area contributed by atoms with Crippen LogP contribution in [0.2, 0.25) is 10.0 Å². The molecular formula is C17H22Cl2N2O3. The van der Waals surface area contributed by atoms with E-state index in [0.29, 0.717) is 48.3 Å². The van der Waals surface area contributed by atoms with Crippen molar-refractivity contribution in [2.75, 3.05) is 25.0 Å². The molecule has 1 heterocycles. The van der Waals surface area contributed by atoms with E-state index in [1.165, 1.54) is 0 Å². The van der Waals surface area contributed by atoms with Crippen LogP contribution in [-0.4, -0.2) is 42.5 Å². The SMILES string of the molecule is CCOC(=O)C1CCN([C@@H](C)C(=O)Nc2cc(Cl)ccc2Cl)CC1. The Balaban J connectivity index is 1.90. The summed E-state index contributed by atoms with van der Waals surface area (Å²) in [6.07, 6.45) is 1.41. The Morgan fingerprint density at radius 1 is 1.33 bits per heavy atom. The minimum Gasteiger partial charge on any atom is -0.466 e. The number of carbonyl (C=O) groups excluding carboxylic acids is 2. The van der Waals surface area contributed by atoms with Crippen molar-refractivity contribution in [3.8, 4) is 0 Å². The van der Waals surface area contributed by atoms with Gasteiger partial charge in [0.25, 0.3) is 0 Å². The molecule has 1 fully saturated rings. The van der Waals surface area contributed by atoms with Crippen LogP contribution in [0, 0.1) is 5.92 Å². The van der Waals surface area contributed by atoms with E-state index >= 15 is 0 Å². The zero-order chi connectivity index (χ0) is 17.7. The lowest BCUT2D eigenvalue weighted by molar-refractivity contribution is -0.149. The maximum Gasteiger partial charge on any atom is 0.309 e. The van der Waals surface area contributed by atoms with Gasteiger partial charge in [-0.05, 0) is 58.0 Å². The summed E-state index contributed by atoms with van der Waals surface area (Å²) in [6.45, 7) is 5.42. The second kappa shape index (κ2) is 8.70. The van der Waals surface area contributed by atoms with Crippen molar-refractivity contribution in [3.05, 3.63) is 28.2 Å². The highest BCUT2D eigenvalue weighted by atomic mass is 35.5. The van der Waals surface area contributed by atoms with Crippen LogP contribution in [0.15, 0.2) is 18.2 Å². The van der Waals surface area contributed by atoms with Gasteiger partial charge in [0.2, 0.25) is 5.91 Å². The number of benzene rings is 1. The number of anilines is 1. The quantitative estimate of drug-likeness (QED) is 0.802. The molecule has 1 aromatic rings. The largest absolute Gasteiger partial charge is 0.466 e. The number of hydrogen-bond donors (Lipinski definition) is 1. The maximum absolute atomic E-state index is 12.4. The third kappa shape index (κ3) is 4.85. The molecule has 1 aliphatic heterocycles. The lowest BCUT2D eigenvalue weighted by Gasteiger charge is -2.34. The van der Waals surface area contributed by atoms with Gasteiger partial charge < -0.3 is 10.1 Å². The van der Waals surface area contributed by atoms with Crippen molar-refractivity contribution >= 4 is 40.8 Å². The van der Waals surface area contributed by atoms with E-state index in [-0.39, 0.29) is 23.8 Å². The minimum atomic E-state index is -0.316. The molecule has 1 amide bonds. The number of ether oxygens (including phenoxy) is 1. The molecule has 7 heteroatoms. The molecule has 1 atom stereocenters. The van der Waals surface area contributed by atoms with E-state index < -0.39 is 0 Å². The van der Waals surface area contributed by atoms with Crippen molar-refractivity contribution in [2.45, 2.75) is 32.7 Å². The highest BCUT2D eigenvalue weighted by molar-refractivity contribution is 6.35. The van der Waals surface area contributed by atoms with Gasteiger partial charge in [0.1, 0.15) is 0 Å². The summed E-state index contributed by atoms with van der Waals surface area (Å²) in [7, 11) is 0. The number of nitrogens with zero attached hydrogens (tertiary/aromatic N) is 1. The van der Waals surface area contributed by atoms with Gasteiger partial charge in [-0.2, -0.15) is 0 Å². The monoisotopic (exact) mass is 372 g/mol. The van der Waals surface area contributed by atoms with Crippen molar-refractivity contribution in [3.63, 3.8) is 0 Å². The summed E-state index contributed by atoms with van der Waals surface area (Å²) in [5.74, 6) is -0.354. The van der Waals surface area contributed by atoms with Gasteiger partial charge in [-0.25, -0.2) is 0 Å². The first kappa shape index (κ1) is 19.0. The van der Waals surface area contributed by atoms with Gasteiger partial charge in [-0.3, -0.25) is 14.5 Å². The van der Waals surface area contributed by atoms with E-state index in [1.54, 1.807) is 25.1 Å². The molecule has 0 radical (unpaired) electrons. The summed E-state index contributed by atoms with van der Waals surface area (Å²) in [6, 6.07) is 4.63. The number of likely N-dealkylation sites (tertiary alicyclic amines) is 1. The number of rotatable bonds is 5. The van der Waals surface area contributed by atoms with Crippen LogP contribution in [0.5, 0.6) is 0 Å². The second-order valence-corrected chi connectivity index (χ2v) is 6.70. The Morgan fingerprint density at radius 2 is 2.00 bits per heavy atom. The van der Waals surface area contributed by atoms with Gasteiger partial charge in [0.05, 0.1) is 29.3 Å². The maximum atomic E-state index is 12.4. The Labute approximate surface area is 152 Å². The van der Waals surface area contributed by atoms with Crippen LogP contribution >= 0.6 is 23.2 Å². The number of esters is 1. The molecule has 5 nitrogen and oxygen atoms in total. The molecule has 0 aliphatic carbocycles. The van der Waals surface area contributed by atoms with Crippen molar-refractivity contribution in [1.82, 2.24) is 4.90 Å². The van der Waals surface area contributed by atoms with E-state index in [2.05, 4.69) is 10.2 Å². The van der Waals surface area contributed by atoms with Gasteiger partial charge in [0, 0.05) is 5.02 Å². The van der Waals surface area contributed by atoms with E-state index in [9.17, 15) is 9.59 Å². The zero-order valence-electron chi connectivity index (χ0n) is 13.9. The molecule has 1 N–H and O–H groups in total. The molecule has 2 rings (SSSR count). The molecule has 132 valence electrons. The van der Waals surface area contributed by atoms with Crippen LogP contribution in [0.3, 0.4) is 0 Å².